The summed E-state index contributed by atoms with van der Waals surface area (Å²) >= 11 is 0. The second kappa shape index (κ2) is 5.52. The van der Waals surface area contributed by atoms with Crippen molar-refractivity contribution in [1.82, 2.24) is 9.97 Å². The van der Waals surface area contributed by atoms with Gasteiger partial charge in [0.1, 0.15) is 11.6 Å². The Balaban J connectivity index is 2.14. The number of rotatable bonds is 6. The molecule has 1 aliphatic carbocycles. The molecule has 1 aromatic rings. The summed E-state index contributed by atoms with van der Waals surface area (Å²) in [6, 6.07) is 1.67. The highest BCUT2D eigenvalue weighted by atomic mass is 16.5. The minimum Gasteiger partial charge on any atom is -0.383 e. The summed E-state index contributed by atoms with van der Waals surface area (Å²) in [6.45, 7) is 4.84. The topological polar surface area (TPSA) is 67.0 Å². The number of hydrogen-bond donors (Lipinski definition) is 2. The average molecular weight is 251 g/mol. The van der Waals surface area contributed by atoms with E-state index in [9.17, 15) is 4.79 Å². The third kappa shape index (κ3) is 3.32. The van der Waals surface area contributed by atoms with Crippen LogP contribution in [0.1, 0.15) is 38.4 Å². The molecule has 0 aliphatic heterocycles. The van der Waals surface area contributed by atoms with E-state index in [2.05, 4.69) is 29.1 Å². The number of methoxy groups -OCH3 is 1. The minimum absolute atomic E-state index is 0.0886. The second-order valence-electron chi connectivity index (χ2n) is 5.24. The van der Waals surface area contributed by atoms with Crippen LogP contribution in [-0.2, 0) is 4.74 Å². The van der Waals surface area contributed by atoms with Crippen molar-refractivity contribution < 1.29 is 4.74 Å². The van der Waals surface area contributed by atoms with E-state index in [1.807, 2.05) is 0 Å². The number of aromatic amines is 1. The highest BCUT2D eigenvalue weighted by Gasteiger charge is 2.26. The van der Waals surface area contributed by atoms with Crippen LogP contribution in [0.5, 0.6) is 0 Å². The van der Waals surface area contributed by atoms with E-state index in [-0.39, 0.29) is 11.6 Å². The van der Waals surface area contributed by atoms with Gasteiger partial charge in [-0.05, 0) is 18.8 Å². The first-order valence-corrected chi connectivity index (χ1v) is 6.47. The van der Waals surface area contributed by atoms with Crippen molar-refractivity contribution >= 4 is 5.82 Å². The Labute approximate surface area is 107 Å². The van der Waals surface area contributed by atoms with Gasteiger partial charge in [-0.15, -0.1) is 0 Å². The van der Waals surface area contributed by atoms with Crippen molar-refractivity contribution in [2.24, 2.45) is 5.92 Å². The molecule has 1 heterocycles. The van der Waals surface area contributed by atoms with Crippen LogP contribution in [0.15, 0.2) is 10.9 Å². The van der Waals surface area contributed by atoms with Gasteiger partial charge in [-0.1, -0.05) is 13.8 Å². The average Bonchev–Trinajstić information content (AvgIpc) is 3.11. The molecule has 2 N–H and O–H groups in total. The van der Waals surface area contributed by atoms with Gasteiger partial charge in [0.25, 0.3) is 5.56 Å². The predicted molar refractivity (Wildman–Crippen MR) is 71.0 cm³/mol. The molecule has 1 saturated carbocycles. The molecule has 1 atom stereocenters. The fraction of sp³-hybridized carbons (Fsp3) is 0.692. The SMILES string of the molecule is COCC(Nc1cc(=O)[nH]c(C2CC2)n1)C(C)C. The normalized spacial score (nSPS) is 16.9. The standard InChI is InChI=1S/C13H21N3O2/c1-8(2)10(7-18-3)14-11-6-12(17)16-13(15-11)9-4-5-9/h6,8-10H,4-5,7H2,1-3H3,(H2,14,15,16,17). The fourth-order valence-electron chi connectivity index (χ4n) is 1.87. The van der Waals surface area contributed by atoms with Crippen molar-refractivity contribution in [2.45, 2.75) is 38.6 Å². The summed E-state index contributed by atoms with van der Waals surface area (Å²) in [5.41, 5.74) is -0.0886. The molecule has 2 rings (SSSR count). The summed E-state index contributed by atoms with van der Waals surface area (Å²) in [4.78, 5) is 18.9. The molecule has 0 spiro atoms. The van der Waals surface area contributed by atoms with Gasteiger partial charge in [0.05, 0.1) is 12.6 Å². The van der Waals surface area contributed by atoms with E-state index in [1.54, 1.807) is 7.11 Å². The van der Waals surface area contributed by atoms with Crippen LogP contribution in [0.2, 0.25) is 0 Å². The van der Waals surface area contributed by atoms with E-state index >= 15 is 0 Å². The molecule has 0 bridgehead atoms. The lowest BCUT2D eigenvalue weighted by atomic mass is 10.1. The van der Waals surface area contributed by atoms with Gasteiger partial charge in [0, 0.05) is 19.1 Å². The first-order valence-electron chi connectivity index (χ1n) is 6.47. The van der Waals surface area contributed by atoms with Crippen LogP contribution in [0, 0.1) is 5.92 Å². The van der Waals surface area contributed by atoms with Crippen molar-refractivity contribution in [2.75, 3.05) is 19.0 Å². The zero-order valence-corrected chi connectivity index (χ0v) is 11.2. The van der Waals surface area contributed by atoms with Crippen molar-refractivity contribution in [3.63, 3.8) is 0 Å². The predicted octanol–water partition coefficient (Wildman–Crippen LogP) is 1.73. The van der Waals surface area contributed by atoms with E-state index in [4.69, 9.17) is 4.74 Å². The molecule has 0 amide bonds. The minimum atomic E-state index is -0.0886. The zero-order chi connectivity index (χ0) is 13.1. The molecule has 100 valence electrons. The molecule has 1 aromatic heterocycles. The maximum absolute atomic E-state index is 11.6. The van der Waals surface area contributed by atoms with Crippen LogP contribution in [-0.4, -0.2) is 29.7 Å². The summed E-state index contributed by atoms with van der Waals surface area (Å²) in [6.07, 6.45) is 2.25. The number of H-pyrrole nitrogens is 1. The summed E-state index contributed by atoms with van der Waals surface area (Å²) in [5.74, 6) is 2.32. The van der Waals surface area contributed by atoms with Gasteiger partial charge >= 0.3 is 0 Å². The number of nitrogens with zero attached hydrogens (tertiary/aromatic N) is 1. The van der Waals surface area contributed by atoms with Crippen LogP contribution >= 0.6 is 0 Å². The number of nitrogens with one attached hydrogen (secondary N) is 2. The molecule has 0 saturated heterocycles. The number of hydrogen-bond acceptors (Lipinski definition) is 4. The highest BCUT2D eigenvalue weighted by Crippen LogP contribution is 2.37. The van der Waals surface area contributed by atoms with E-state index in [0.29, 0.717) is 24.3 Å². The Morgan fingerprint density at radius 3 is 2.83 bits per heavy atom. The van der Waals surface area contributed by atoms with Gasteiger partial charge < -0.3 is 15.0 Å². The molecule has 5 heteroatoms. The van der Waals surface area contributed by atoms with Gasteiger partial charge in [0.15, 0.2) is 0 Å². The van der Waals surface area contributed by atoms with E-state index in [1.165, 1.54) is 6.07 Å². The Morgan fingerprint density at radius 1 is 1.56 bits per heavy atom. The monoisotopic (exact) mass is 251 g/mol. The van der Waals surface area contributed by atoms with E-state index < -0.39 is 0 Å². The molecule has 5 nitrogen and oxygen atoms in total. The maximum Gasteiger partial charge on any atom is 0.252 e. The van der Waals surface area contributed by atoms with Crippen LogP contribution < -0.4 is 10.9 Å². The zero-order valence-electron chi connectivity index (χ0n) is 11.2. The second-order valence-corrected chi connectivity index (χ2v) is 5.24. The molecule has 1 unspecified atom stereocenters. The Bertz CT molecular complexity index is 452. The highest BCUT2D eigenvalue weighted by molar-refractivity contribution is 5.35. The molecular weight excluding hydrogens is 230 g/mol. The van der Waals surface area contributed by atoms with Gasteiger partial charge in [-0.25, -0.2) is 4.98 Å². The number of anilines is 1. The molecular formula is C13H21N3O2. The largest absolute Gasteiger partial charge is 0.383 e. The molecule has 1 fully saturated rings. The molecule has 18 heavy (non-hydrogen) atoms. The van der Waals surface area contributed by atoms with Gasteiger partial charge in [-0.2, -0.15) is 0 Å². The summed E-state index contributed by atoms with van der Waals surface area (Å²) in [5, 5.41) is 3.29. The smallest absolute Gasteiger partial charge is 0.252 e. The van der Waals surface area contributed by atoms with Crippen molar-refractivity contribution in [1.29, 1.82) is 0 Å². The number of aromatic nitrogens is 2. The molecule has 0 radical (unpaired) electrons. The fourth-order valence-corrected chi connectivity index (χ4v) is 1.87. The lowest BCUT2D eigenvalue weighted by molar-refractivity contribution is 0.171. The summed E-state index contributed by atoms with van der Waals surface area (Å²) < 4.78 is 5.18. The maximum atomic E-state index is 11.6. The van der Waals surface area contributed by atoms with Crippen molar-refractivity contribution in [3.05, 3.63) is 22.2 Å². The van der Waals surface area contributed by atoms with Crippen LogP contribution in [0.3, 0.4) is 0 Å². The van der Waals surface area contributed by atoms with E-state index in [0.717, 1.165) is 18.7 Å². The summed E-state index contributed by atoms with van der Waals surface area (Å²) in [7, 11) is 1.68. The third-order valence-corrected chi connectivity index (χ3v) is 3.21. The number of ether oxygens (including phenoxy) is 1. The Kier molecular flexibility index (Phi) is 4.01. The first-order chi connectivity index (χ1) is 8.60. The lowest BCUT2D eigenvalue weighted by Crippen LogP contribution is -2.31. The van der Waals surface area contributed by atoms with Crippen LogP contribution in [0.4, 0.5) is 5.82 Å². The first kappa shape index (κ1) is 13.1. The van der Waals surface area contributed by atoms with Gasteiger partial charge in [0.2, 0.25) is 0 Å². The Morgan fingerprint density at radius 2 is 2.28 bits per heavy atom. The molecule has 1 aliphatic rings. The third-order valence-electron chi connectivity index (χ3n) is 3.21. The van der Waals surface area contributed by atoms with Crippen molar-refractivity contribution in [3.8, 4) is 0 Å². The quantitative estimate of drug-likeness (QED) is 0.808. The van der Waals surface area contributed by atoms with Crippen LogP contribution in [0.25, 0.3) is 0 Å². The molecule has 0 aromatic carbocycles. The lowest BCUT2D eigenvalue weighted by Gasteiger charge is -2.22. The Hall–Kier alpha value is -1.36. The van der Waals surface area contributed by atoms with Gasteiger partial charge in [-0.3, -0.25) is 4.79 Å².